The van der Waals surface area contributed by atoms with Crippen molar-refractivity contribution in [2.45, 2.75) is 51.0 Å². The van der Waals surface area contributed by atoms with Crippen LogP contribution in [0.15, 0.2) is 18.2 Å². The summed E-state index contributed by atoms with van der Waals surface area (Å²) in [5, 5.41) is 13.8. The predicted molar refractivity (Wildman–Crippen MR) is 105 cm³/mol. The van der Waals surface area contributed by atoms with Crippen molar-refractivity contribution in [1.29, 1.82) is 0 Å². The molecule has 1 fully saturated rings. The molecule has 1 atom stereocenters. The summed E-state index contributed by atoms with van der Waals surface area (Å²) >= 11 is 0. The molecule has 0 bridgehead atoms. The van der Waals surface area contributed by atoms with Crippen molar-refractivity contribution in [2.75, 3.05) is 11.9 Å². The second-order valence-corrected chi connectivity index (χ2v) is 7.30. The highest BCUT2D eigenvalue weighted by atomic mass is 16.5. The van der Waals surface area contributed by atoms with E-state index in [9.17, 15) is 24.0 Å². The third-order valence-electron chi connectivity index (χ3n) is 5.24. The zero-order valence-corrected chi connectivity index (χ0v) is 16.4. The highest BCUT2D eigenvalue weighted by molar-refractivity contribution is 6.25. The van der Waals surface area contributed by atoms with E-state index in [0.717, 1.165) is 24.2 Å². The van der Waals surface area contributed by atoms with Gasteiger partial charge < -0.3 is 5.32 Å². The van der Waals surface area contributed by atoms with Gasteiger partial charge >= 0.3 is 0 Å². The number of piperidine rings is 1. The number of unbranched alkanes of at least 4 members (excludes halogenated alkanes) is 3. The summed E-state index contributed by atoms with van der Waals surface area (Å²) < 4.78 is 0. The Morgan fingerprint density at radius 3 is 2.60 bits per heavy atom. The van der Waals surface area contributed by atoms with Crippen molar-refractivity contribution in [1.82, 2.24) is 15.7 Å². The number of benzene rings is 1. The van der Waals surface area contributed by atoms with Gasteiger partial charge in [0.15, 0.2) is 0 Å². The summed E-state index contributed by atoms with van der Waals surface area (Å²) in [5.41, 5.74) is 2.61. The topological polar surface area (TPSA) is 145 Å². The van der Waals surface area contributed by atoms with Crippen LogP contribution in [0.4, 0.5) is 5.69 Å². The lowest BCUT2D eigenvalue weighted by Crippen LogP contribution is -2.54. The van der Waals surface area contributed by atoms with Crippen LogP contribution in [0.2, 0.25) is 0 Å². The molecule has 2 aliphatic rings. The normalized spacial score (nSPS) is 18.3. The fourth-order valence-electron chi connectivity index (χ4n) is 3.71. The predicted octanol–water partition coefficient (Wildman–Crippen LogP) is 0.956. The van der Waals surface area contributed by atoms with Crippen molar-refractivity contribution < 1.29 is 29.2 Å². The molecule has 0 saturated carbocycles. The Bertz CT molecular complexity index is 884. The number of carbonyl (C=O) groups excluding carboxylic acids is 5. The van der Waals surface area contributed by atoms with Gasteiger partial charge in [-0.1, -0.05) is 18.9 Å². The van der Waals surface area contributed by atoms with Crippen molar-refractivity contribution in [3.05, 3.63) is 29.3 Å². The molecule has 0 radical (unpaired) electrons. The summed E-state index contributed by atoms with van der Waals surface area (Å²) in [5.74, 6) is -2.52. The third-order valence-corrected chi connectivity index (χ3v) is 5.24. The fourth-order valence-corrected chi connectivity index (χ4v) is 3.71. The minimum Gasteiger partial charge on any atom is -0.384 e. The Morgan fingerprint density at radius 2 is 1.87 bits per heavy atom. The van der Waals surface area contributed by atoms with Gasteiger partial charge in [0, 0.05) is 25.1 Å². The first-order valence-corrected chi connectivity index (χ1v) is 9.95. The summed E-state index contributed by atoms with van der Waals surface area (Å²) in [6, 6.07) is 3.95. The van der Waals surface area contributed by atoms with E-state index < -0.39 is 35.6 Å². The minimum absolute atomic E-state index is 0.0783. The molecule has 1 saturated heterocycles. The number of hydroxylamine groups is 1. The van der Waals surface area contributed by atoms with Gasteiger partial charge in [0.05, 0.1) is 11.1 Å². The van der Waals surface area contributed by atoms with Crippen LogP contribution in [0.5, 0.6) is 0 Å². The molecule has 2 heterocycles. The molecule has 10 nitrogen and oxygen atoms in total. The number of amides is 5. The van der Waals surface area contributed by atoms with Crippen LogP contribution in [0, 0.1) is 0 Å². The van der Waals surface area contributed by atoms with Crippen LogP contribution >= 0.6 is 0 Å². The number of hydrogen-bond donors (Lipinski definition) is 4. The van der Waals surface area contributed by atoms with Gasteiger partial charge in [-0.3, -0.25) is 39.4 Å². The third kappa shape index (κ3) is 4.48. The molecule has 0 aliphatic carbocycles. The molecule has 5 amide bonds. The molecule has 1 aromatic carbocycles. The van der Waals surface area contributed by atoms with Crippen LogP contribution < -0.4 is 16.1 Å². The van der Waals surface area contributed by atoms with E-state index >= 15 is 0 Å². The van der Waals surface area contributed by atoms with E-state index in [1.807, 2.05) is 0 Å². The Labute approximate surface area is 172 Å². The monoisotopic (exact) mass is 416 g/mol. The molecule has 160 valence electrons. The number of hydrogen-bond acceptors (Lipinski definition) is 7. The molecule has 0 spiro atoms. The summed E-state index contributed by atoms with van der Waals surface area (Å²) in [6.45, 7) is 0.572. The van der Waals surface area contributed by atoms with Crippen molar-refractivity contribution in [3.8, 4) is 0 Å². The standard InChI is InChI=1S/C20H24N4O6/c25-15-10-9-14(18(27)22-15)24-19(28)12-6-5-7-13(17(12)20(24)29)21-11-4-2-1-3-8-16(26)23-30/h5-7,14,21,30H,1-4,8-11H2,(H,23,26)(H,22,25,27). The lowest BCUT2D eigenvalue weighted by Gasteiger charge is -2.27. The van der Waals surface area contributed by atoms with E-state index in [1.165, 1.54) is 0 Å². The SMILES string of the molecule is O=C(CCCCCCNc1cccc2c1C(=O)N(C1CCC(=O)NC1=O)C2=O)NO. The second kappa shape index (κ2) is 9.49. The van der Waals surface area contributed by atoms with Gasteiger partial charge in [0.1, 0.15) is 6.04 Å². The lowest BCUT2D eigenvalue weighted by atomic mass is 10.0. The number of nitrogens with zero attached hydrogens (tertiary/aromatic N) is 1. The van der Waals surface area contributed by atoms with Crippen LogP contribution in [0.3, 0.4) is 0 Å². The maximum absolute atomic E-state index is 13.0. The Morgan fingerprint density at radius 1 is 1.10 bits per heavy atom. The van der Waals surface area contributed by atoms with Crippen LogP contribution in [0.25, 0.3) is 0 Å². The zero-order valence-electron chi connectivity index (χ0n) is 16.4. The van der Waals surface area contributed by atoms with Gasteiger partial charge in [-0.25, -0.2) is 5.48 Å². The first-order valence-electron chi connectivity index (χ1n) is 9.95. The van der Waals surface area contributed by atoms with E-state index in [2.05, 4.69) is 10.6 Å². The lowest BCUT2D eigenvalue weighted by molar-refractivity contribution is -0.136. The molecule has 2 aliphatic heterocycles. The van der Waals surface area contributed by atoms with E-state index in [4.69, 9.17) is 5.21 Å². The highest BCUT2D eigenvalue weighted by Gasteiger charge is 2.45. The average Bonchev–Trinajstić information content (AvgIpc) is 2.98. The second-order valence-electron chi connectivity index (χ2n) is 7.30. The van der Waals surface area contributed by atoms with E-state index in [1.54, 1.807) is 23.7 Å². The number of rotatable bonds is 9. The first kappa shape index (κ1) is 21.4. The number of fused-ring (bicyclic) bond motifs is 1. The Balaban J connectivity index is 1.59. The first-order chi connectivity index (χ1) is 14.4. The number of imide groups is 2. The summed E-state index contributed by atoms with van der Waals surface area (Å²) in [4.78, 5) is 61.2. The van der Waals surface area contributed by atoms with E-state index in [0.29, 0.717) is 18.7 Å². The summed E-state index contributed by atoms with van der Waals surface area (Å²) in [7, 11) is 0. The van der Waals surface area contributed by atoms with Gasteiger partial charge in [-0.15, -0.1) is 0 Å². The minimum atomic E-state index is -0.987. The molecule has 4 N–H and O–H groups in total. The molecular formula is C20H24N4O6. The molecule has 30 heavy (non-hydrogen) atoms. The van der Waals surface area contributed by atoms with Gasteiger partial charge in [0.25, 0.3) is 11.8 Å². The number of nitrogens with one attached hydrogen (secondary N) is 3. The maximum Gasteiger partial charge on any atom is 0.264 e. The molecule has 10 heteroatoms. The van der Waals surface area contributed by atoms with Gasteiger partial charge in [-0.05, 0) is 31.4 Å². The molecule has 3 rings (SSSR count). The van der Waals surface area contributed by atoms with Crippen molar-refractivity contribution in [2.24, 2.45) is 0 Å². The highest BCUT2D eigenvalue weighted by Crippen LogP contribution is 2.32. The average molecular weight is 416 g/mol. The Hall–Kier alpha value is -3.27. The zero-order chi connectivity index (χ0) is 21.7. The quantitative estimate of drug-likeness (QED) is 0.203. The fraction of sp³-hybridized carbons (Fsp3) is 0.450. The van der Waals surface area contributed by atoms with Crippen molar-refractivity contribution >= 4 is 35.2 Å². The molecule has 1 aromatic rings. The smallest absolute Gasteiger partial charge is 0.264 e. The van der Waals surface area contributed by atoms with Gasteiger partial charge in [0.2, 0.25) is 17.7 Å². The molecular weight excluding hydrogens is 392 g/mol. The van der Waals surface area contributed by atoms with Gasteiger partial charge in [-0.2, -0.15) is 0 Å². The maximum atomic E-state index is 13.0. The molecule has 0 aromatic heterocycles. The number of anilines is 1. The van der Waals surface area contributed by atoms with Crippen LogP contribution in [-0.4, -0.2) is 52.2 Å². The Kier molecular flexibility index (Phi) is 6.78. The van der Waals surface area contributed by atoms with Crippen molar-refractivity contribution in [3.63, 3.8) is 0 Å². The van der Waals surface area contributed by atoms with Crippen LogP contribution in [0.1, 0.15) is 65.7 Å². The summed E-state index contributed by atoms with van der Waals surface area (Å²) in [6.07, 6.45) is 3.61. The number of carbonyl (C=O) groups is 5. The molecule has 1 unspecified atom stereocenters. The van der Waals surface area contributed by atoms with E-state index in [-0.39, 0.29) is 30.4 Å². The largest absolute Gasteiger partial charge is 0.384 e. The van der Waals surface area contributed by atoms with Crippen LogP contribution in [-0.2, 0) is 14.4 Å².